The minimum atomic E-state index is 0. The van der Waals surface area contributed by atoms with Crippen LogP contribution >= 0.6 is 0 Å². The Morgan fingerprint density at radius 2 is 1.70 bits per heavy atom. The zero-order valence-electron chi connectivity index (χ0n) is 7.13. The molecular formula is C7H17N2O+. The highest BCUT2D eigenvalue weighted by Gasteiger charge is 2.10. The zero-order chi connectivity index (χ0) is 6.69. The molecule has 0 bridgehead atoms. The summed E-state index contributed by atoms with van der Waals surface area (Å²) < 4.78 is 5.18. The van der Waals surface area contributed by atoms with Gasteiger partial charge in [0.05, 0.1) is 13.2 Å². The number of hydrazine groups is 1. The van der Waals surface area contributed by atoms with Gasteiger partial charge in [-0.15, -0.1) is 0 Å². The molecule has 0 aliphatic carbocycles. The first-order valence-corrected chi connectivity index (χ1v) is 3.30. The summed E-state index contributed by atoms with van der Waals surface area (Å²) in [4.78, 5) is 0. The standard InChI is InChI=1S/C6H14N2O.CH3/c1-7(2)8-3-5-9-6-4-8;/h3-6H2,1-2H3;1H3/q;+1. The second-order valence-corrected chi connectivity index (χ2v) is 2.41. The van der Waals surface area contributed by atoms with Crippen LogP contribution < -0.4 is 0 Å². The molecule has 0 N–H and O–H groups in total. The minimum Gasteiger partial charge on any atom is -0.379 e. The molecule has 0 spiro atoms. The molecule has 1 fully saturated rings. The van der Waals surface area contributed by atoms with Gasteiger partial charge in [-0.2, -0.15) is 0 Å². The van der Waals surface area contributed by atoms with E-state index in [1.54, 1.807) is 0 Å². The highest BCUT2D eigenvalue weighted by Crippen LogP contribution is 1.96. The van der Waals surface area contributed by atoms with Crippen LogP contribution in [-0.2, 0) is 4.74 Å². The van der Waals surface area contributed by atoms with Gasteiger partial charge in [-0.05, 0) is 0 Å². The van der Waals surface area contributed by atoms with Crippen LogP contribution in [0.25, 0.3) is 0 Å². The third-order valence-electron chi connectivity index (χ3n) is 1.55. The summed E-state index contributed by atoms with van der Waals surface area (Å²) in [6, 6.07) is 0. The SMILES string of the molecule is CN(C)N1CCOCC1.[CH3+]. The van der Waals surface area contributed by atoms with Crippen LogP contribution in [0.1, 0.15) is 0 Å². The Hall–Kier alpha value is -0.250. The van der Waals surface area contributed by atoms with Crippen molar-refractivity contribution in [3.05, 3.63) is 7.43 Å². The van der Waals surface area contributed by atoms with Gasteiger partial charge in [0.2, 0.25) is 0 Å². The topological polar surface area (TPSA) is 15.7 Å². The average molecular weight is 145 g/mol. The van der Waals surface area contributed by atoms with Gasteiger partial charge in [-0.3, -0.25) is 0 Å². The van der Waals surface area contributed by atoms with Crippen molar-refractivity contribution in [2.24, 2.45) is 0 Å². The normalized spacial score (nSPS) is 20.7. The molecular weight excluding hydrogens is 128 g/mol. The van der Waals surface area contributed by atoms with Gasteiger partial charge < -0.3 is 4.74 Å². The molecule has 1 heterocycles. The van der Waals surface area contributed by atoms with Crippen LogP contribution in [0.2, 0.25) is 0 Å². The molecule has 3 heteroatoms. The molecule has 0 saturated carbocycles. The number of nitrogens with zero attached hydrogens (tertiary/aromatic N) is 2. The van der Waals surface area contributed by atoms with Crippen LogP contribution in [0.4, 0.5) is 0 Å². The predicted molar refractivity (Wildman–Crippen MR) is 42.5 cm³/mol. The first-order chi connectivity index (χ1) is 4.30. The van der Waals surface area contributed by atoms with Crippen molar-refractivity contribution in [2.45, 2.75) is 0 Å². The van der Waals surface area contributed by atoms with E-state index in [2.05, 4.69) is 24.1 Å². The number of rotatable bonds is 1. The number of morpholine rings is 1. The summed E-state index contributed by atoms with van der Waals surface area (Å²) in [6.45, 7) is 3.82. The van der Waals surface area contributed by atoms with Gasteiger partial charge >= 0.3 is 0 Å². The van der Waals surface area contributed by atoms with E-state index in [9.17, 15) is 0 Å². The van der Waals surface area contributed by atoms with Crippen LogP contribution in [-0.4, -0.2) is 50.4 Å². The van der Waals surface area contributed by atoms with E-state index in [4.69, 9.17) is 4.74 Å². The molecule has 60 valence electrons. The van der Waals surface area contributed by atoms with Gasteiger partial charge in [0.1, 0.15) is 0 Å². The van der Waals surface area contributed by atoms with Crippen molar-refractivity contribution in [1.82, 2.24) is 10.0 Å². The quantitative estimate of drug-likeness (QED) is 0.492. The largest absolute Gasteiger partial charge is 0.379 e. The maximum absolute atomic E-state index is 5.18. The number of hydrogen-bond acceptors (Lipinski definition) is 3. The van der Waals surface area contributed by atoms with Gasteiger partial charge in [0, 0.05) is 34.6 Å². The third kappa shape index (κ3) is 2.56. The Bertz CT molecular complexity index is 79.7. The third-order valence-corrected chi connectivity index (χ3v) is 1.55. The van der Waals surface area contributed by atoms with Gasteiger partial charge in [-0.25, -0.2) is 10.0 Å². The highest BCUT2D eigenvalue weighted by molar-refractivity contribution is 4.55. The van der Waals surface area contributed by atoms with Gasteiger partial charge in [-0.1, -0.05) is 0 Å². The molecule has 0 unspecified atom stereocenters. The van der Waals surface area contributed by atoms with Crippen molar-refractivity contribution in [1.29, 1.82) is 0 Å². The minimum absolute atomic E-state index is 0. The van der Waals surface area contributed by atoms with E-state index in [0.29, 0.717) is 0 Å². The van der Waals surface area contributed by atoms with Crippen molar-refractivity contribution in [3.63, 3.8) is 0 Å². The van der Waals surface area contributed by atoms with Crippen molar-refractivity contribution < 1.29 is 4.74 Å². The Balaban J connectivity index is 0.000000810. The molecule has 1 aliphatic heterocycles. The van der Waals surface area contributed by atoms with Crippen molar-refractivity contribution in [2.75, 3.05) is 40.4 Å². The molecule has 0 radical (unpaired) electrons. The van der Waals surface area contributed by atoms with E-state index in [0.717, 1.165) is 26.3 Å². The fourth-order valence-electron chi connectivity index (χ4n) is 0.954. The van der Waals surface area contributed by atoms with E-state index in [1.807, 2.05) is 0 Å². The van der Waals surface area contributed by atoms with Gasteiger partial charge in [0.15, 0.2) is 0 Å². The summed E-state index contributed by atoms with van der Waals surface area (Å²) in [5.74, 6) is 0. The lowest BCUT2D eigenvalue weighted by Crippen LogP contribution is -2.44. The molecule has 1 saturated heterocycles. The van der Waals surface area contributed by atoms with Crippen LogP contribution in [0.5, 0.6) is 0 Å². The molecule has 1 rings (SSSR count). The molecule has 1 aliphatic rings. The number of hydrogen-bond donors (Lipinski definition) is 0. The lowest BCUT2D eigenvalue weighted by atomic mass is 10.5. The summed E-state index contributed by atoms with van der Waals surface area (Å²) >= 11 is 0. The Kier molecular flexibility index (Phi) is 4.43. The van der Waals surface area contributed by atoms with E-state index in [-0.39, 0.29) is 7.43 Å². The first kappa shape index (κ1) is 9.75. The molecule has 0 aromatic carbocycles. The van der Waals surface area contributed by atoms with Crippen molar-refractivity contribution in [3.8, 4) is 0 Å². The fraction of sp³-hybridized carbons (Fsp3) is 0.857. The van der Waals surface area contributed by atoms with E-state index < -0.39 is 0 Å². The maximum Gasteiger partial charge on any atom is 0.0608 e. The molecule has 0 amide bonds. The Morgan fingerprint density at radius 1 is 1.20 bits per heavy atom. The van der Waals surface area contributed by atoms with Crippen LogP contribution in [0.3, 0.4) is 0 Å². The Morgan fingerprint density at radius 3 is 2.00 bits per heavy atom. The van der Waals surface area contributed by atoms with Crippen LogP contribution in [0.15, 0.2) is 0 Å². The van der Waals surface area contributed by atoms with Crippen molar-refractivity contribution >= 4 is 0 Å². The second kappa shape index (κ2) is 4.55. The molecule has 0 aromatic rings. The monoisotopic (exact) mass is 145 g/mol. The average Bonchev–Trinajstić information content (AvgIpc) is 1.90. The second-order valence-electron chi connectivity index (χ2n) is 2.41. The smallest absolute Gasteiger partial charge is 0.0608 e. The van der Waals surface area contributed by atoms with Crippen LogP contribution in [0, 0.1) is 7.43 Å². The van der Waals surface area contributed by atoms with E-state index in [1.165, 1.54) is 0 Å². The molecule has 0 atom stereocenters. The summed E-state index contributed by atoms with van der Waals surface area (Å²) in [5, 5.41) is 4.38. The predicted octanol–water partition coefficient (Wildman–Crippen LogP) is 0.245. The Labute approximate surface area is 63.5 Å². The lowest BCUT2D eigenvalue weighted by Gasteiger charge is -2.31. The maximum atomic E-state index is 5.18. The number of ether oxygens (including phenoxy) is 1. The molecule has 3 nitrogen and oxygen atoms in total. The lowest BCUT2D eigenvalue weighted by molar-refractivity contribution is -0.0615. The van der Waals surface area contributed by atoms with E-state index >= 15 is 0 Å². The summed E-state index contributed by atoms with van der Waals surface area (Å²) in [7, 11) is 4.12. The highest BCUT2D eigenvalue weighted by atomic mass is 16.5. The molecule has 10 heavy (non-hydrogen) atoms. The molecule has 0 aromatic heterocycles. The summed E-state index contributed by atoms with van der Waals surface area (Å²) in [5.41, 5.74) is 0. The fourth-order valence-corrected chi connectivity index (χ4v) is 0.954. The zero-order valence-corrected chi connectivity index (χ0v) is 7.13. The van der Waals surface area contributed by atoms with Gasteiger partial charge in [0.25, 0.3) is 0 Å². The summed E-state index contributed by atoms with van der Waals surface area (Å²) in [6.07, 6.45) is 0. The first-order valence-electron chi connectivity index (χ1n) is 3.30.